The number of nitrogens with zero attached hydrogens (tertiary/aromatic N) is 1. The summed E-state index contributed by atoms with van der Waals surface area (Å²) in [5, 5.41) is 9.45. The first kappa shape index (κ1) is 12.5. The van der Waals surface area contributed by atoms with Crippen LogP contribution in [0.2, 0.25) is 0 Å². The van der Waals surface area contributed by atoms with Crippen LogP contribution >= 0.6 is 15.9 Å². The van der Waals surface area contributed by atoms with Gasteiger partial charge in [-0.25, -0.2) is 0 Å². The Kier molecular flexibility index (Phi) is 4.17. The molecule has 0 saturated heterocycles. The Bertz CT molecular complexity index is 336. The second-order valence-electron chi connectivity index (χ2n) is 4.09. The summed E-state index contributed by atoms with van der Waals surface area (Å²) in [4.78, 5) is 2.19. The zero-order valence-corrected chi connectivity index (χ0v) is 11.2. The Labute approximate surface area is 100 Å². The molecule has 0 aromatic heterocycles. The number of rotatable bonds is 3. The van der Waals surface area contributed by atoms with E-state index in [9.17, 15) is 5.11 Å². The Hall–Kier alpha value is -0.540. The lowest BCUT2D eigenvalue weighted by Gasteiger charge is -2.25. The third-order valence-electron chi connectivity index (χ3n) is 2.61. The van der Waals surface area contributed by atoms with E-state index in [1.807, 2.05) is 18.2 Å². The lowest BCUT2D eigenvalue weighted by Crippen LogP contribution is -2.25. The summed E-state index contributed by atoms with van der Waals surface area (Å²) in [6.07, 6.45) is -0.417. The van der Waals surface area contributed by atoms with Gasteiger partial charge in [-0.3, -0.25) is 0 Å². The van der Waals surface area contributed by atoms with E-state index >= 15 is 0 Å². The molecule has 3 heteroatoms. The molecule has 15 heavy (non-hydrogen) atoms. The Morgan fingerprint density at radius 2 is 1.87 bits per heavy atom. The minimum Gasteiger partial charge on any atom is -0.389 e. The number of benzene rings is 1. The number of aliphatic hydroxyl groups excluding tert-OH is 1. The lowest BCUT2D eigenvalue weighted by molar-refractivity contribution is 0.199. The van der Waals surface area contributed by atoms with E-state index in [-0.39, 0.29) is 0 Å². The summed E-state index contributed by atoms with van der Waals surface area (Å²) in [5.41, 5.74) is 2.08. The average molecular weight is 272 g/mol. The minimum atomic E-state index is -0.417. The molecule has 0 bridgehead atoms. The van der Waals surface area contributed by atoms with Crippen LogP contribution in [0.25, 0.3) is 0 Å². The van der Waals surface area contributed by atoms with Gasteiger partial charge in [0.15, 0.2) is 0 Å². The largest absolute Gasteiger partial charge is 0.389 e. The highest BCUT2D eigenvalue weighted by Gasteiger charge is 2.10. The van der Waals surface area contributed by atoms with E-state index in [2.05, 4.69) is 41.7 Å². The summed E-state index contributed by atoms with van der Waals surface area (Å²) in [5.74, 6) is 0. The van der Waals surface area contributed by atoms with Crippen molar-refractivity contribution in [3.8, 4) is 0 Å². The number of aliphatic hydroxyl groups is 1. The highest BCUT2D eigenvalue weighted by atomic mass is 79.9. The van der Waals surface area contributed by atoms with Crippen LogP contribution in [0.1, 0.15) is 32.4 Å². The SMILES string of the molecule is CC(C)N(C)c1ccc([C@H](C)O)cc1Br. The van der Waals surface area contributed by atoms with Crippen LogP contribution in [0.5, 0.6) is 0 Å². The van der Waals surface area contributed by atoms with Crippen molar-refractivity contribution < 1.29 is 5.11 Å². The minimum absolute atomic E-state index is 0.417. The molecule has 1 atom stereocenters. The molecule has 1 N–H and O–H groups in total. The predicted molar refractivity (Wildman–Crippen MR) is 68.3 cm³/mol. The molecule has 0 saturated carbocycles. The van der Waals surface area contributed by atoms with E-state index < -0.39 is 6.10 Å². The molecule has 0 aliphatic heterocycles. The molecule has 1 aromatic carbocycles. The number of anilines is 1. The highest BCUT2D eigenvalue weighted by molar-refractivity contribution is 9.10. The summed E-state index contributed by atoms with van der Waals surface area (Å²) >= 11 is 3.53. The Balaban J connectivity index is 3.03. The van der Waals surface area contributed by atoms with Gasteiger partial charge in [0.25, 0.3) is 0 Å². The molecule has 0 aliphatic carbocycles. The first-order valence-electron chi connectivity index (χ1n) is 5.13. The van der Waals surface area contributed by atoms with Crippen molar-refractivity contribution in [1.82, 2.24) is 0 Å². The molecule has 1 rings (SSSR count). The standard InChI is InChI=1S/C12H18BrNO/c1-8(2)14(4)12-6-5-10(9(3)15)7-11(12)13/h5-9,15H,1-4H3/t9-/m0/s1. The zero-order valence-electron chi connectivity index (χ0n) is 9.66. The van der Waals surface area contributed by atoms with Crippen molar-refractivity contribution in [3.05, 3.63) is 28.2 Å². The van der Waals surface area contributed by atoms with Crippen molar-refractivity contribution in [1.29, 1.82) is 0 Å². The smallest absolute Gasteiger partial charge is 0.0762 e. The predicted octanol–water partition coefficient (Wildman–Crippen LogP) is 3.35. The third kappa shape index (κ3) is 2.95. The van der Waals surface area contributed by atoms with Gasteiger partial charge < -0.3 is 10.0 Å². The second-order valence-corrected chi connectivity index (χ2v) is 4.95. The quantitative estimate of drug-likeness (QED) is 0.912. The van der Waals surface area contributed by atoms with Gasteiger partial charge in [0.2, 0.25) is 0 Å². The van der Waals surface area contributed by atoms with E-state index in [4.69, 9.17) is 0 Å². The van der Waals surface area contributed by atoms with Gasteiger partial charge in [-0.2, -0.15) is 0 Å². The molecule has 0 spiro atoms. The second kappa shape index (κ2) is 4.99. The Morgan fingerprint density at radius 3 is 2.27 bits per heavy atom. The average Bonchev–Trinajstić information content (AvgIpc) is 2.16. The fourth-order valence-electron chi connectivity index (χ4n) is 1.35. The number of halogens is 1. The van der Waals surface area contributed by atoms with E-state index in [1.165, 1.54) is 0 Å². The summed E-state index contributed by atoms with van der Waals surface area (Å²) in [6, 6.07) is 6.42. The van der Waals surface area contributed by atoms with Gasteiger partial charge in [0.1, 0.15) is 0 Å². The van der Waals surface area contributed by atoms with Crippen molar-refractivity contribution in [2.75, 3.05) is 11.9 Å². The molecule has 0 aliphatic rings. The zero-order chi connectivity index (χ0) is 11.6. The molecule has 0 amide bonds. The maximum atomic E-state index is 9.45. The van der Waals surface area contributed by atoms with Crippen molar-refractivity contribution in [2.24, 2.45) is 0 Å². The van der Waals surface area contributed by atoms with Crippen LogP contribution < -0.4 is 4.90 Å². The molecule has 0 unspecified atom stereocenters. The van der Waals surface area contributed by atoms with Crippen LogP contribution in [0.15, 0.2) is 22.7 Å². The van der Waals surface area contributed by atoms with Crippen LogP contribution in [0.4, 0.5) is 5.69 Å². The van der Waals surface area contributed by atoms with Gasteiger partial charge >= 0.3 is 0 Å². The lowest BCUT2D eigenvalue weighted by atomic mass is 10.1. The molecule has 84 valence electrons. The van der Waals surface area contributed by atoms with Gasteiger partial charge in [-0.05, 0) is 54.4 Å². The summed E-state index contributed by atoms with van der Waals surface area (Å²) in [7, 11) is 2.06. The van der Waals surface area contributed by atoms with E-state index in [0.29, 0.717) is 6.04 Å². The van der Waals surface area contributed by atoms with Gasteiger partial charge in [-0.1, -0.05) is 6.07 Å². The molecule has 2 nitrogen and oxygen atoms in total. The monoisotopic (exact) mass is 271 g/mol. The third-order valence-corrected chi connectivity index (χ3v) is 3.24. The van der Waals surface area contributed by atoms with Crippen LogP contribution in [0.3, 0.4) is 0 Å². The van der Waals surface area contributed by atoms with E-state index in [1.54, 1.807) is 6.92 Å². The van der Waals surface area contributed by atoms with Gasteiger partial charge in [0.05, 0.1) is 11.8 Å². The fourth-order valence-corrected chi connectivity index (χ4v) is 2.02. The maximum Gasteiger partial charge on any atom is 0.0762 e. The normalized spacial score (nSPS) is 13.0. The molecule has 0 heterocycles. The Morgan fingerprint density at radius 1 is 1.27 bits per heavy atom. The first-order chi connectivity index (χ1) is 6.93. The number of hydrogen-bond acceptors (Lipinski definition) is 2. The molecular weight excluding hydrogens is 254 g/mol. The van der Waals surface area contributed by atoms with Gasteiger partial charge in [0, 0.05) is 17.6 Å². The molecule has 0 fully saturated rings. The van der Waals surface area contributed by atoms with Crippen LogP contribution in [-0.4, -0.2) is 18.2 Å². The summed E-state index contributed by atoms with van der Waals surface area (Å²) in [6.45, 7) is 6.07. The van der Waals surface area contributed by atoms with Crippen molar-refractivity contribution >= 4 is 21.6 Å². The fraction of sp³-hybridized carbons (Fsp3) is 0.500. The molecule has 1 aromatic rings. The van der Waals surface area contributed by atoms with Crippen molar-refractivity contribution in [3.63, 3.8) is 0 Å². The van der Waals surface area contributed by atoms with Crippen LogP contribution in [0, 0.1) is 0 Å². The summed E-state index contributed by atoms with van der Waals surface area (Å²) < 4.78 is 1.03. The first-order valence-corrected chi connectivity index (χ1v) is 5.93. The van der Waals surface area contributed by atoms with Crippen LogP contribution in [-0.2, 0) is 0 Å². The number of hydrogen-bond donors (Lipinski definition) is 1. The maximum absolute atomic E-state index is 9.45. The van der Waals surface area contributed by atoms with E-state index in [0.717, 1.165) is 15.7 Å². The molecular formula is C12H18BrNO. The van der Waals surface area contributed by atoms with Gasteiger partial charge in [-0.15, -0.1) is 0 Å². The molecule has 0 radical (unpaired) electrons. The highest BCUT2D eigenvalue weighted by Crippen LogP contribution is 2.29. The van der Waals surface area contributed by atoms with Crippen molar-refractivity contribution in [2.45, 2.75) is 32.9 Å². The topological polar surface area (TPSA) is 23.5 Å².